The van der Waals surface area contributed by atoms with E-state index in [0.29, 0.717) is 23.9 Å². The Labute approximate surface area is 143 Å². The first kappa shape index (κ1) is 15.8. The van der Waals surface area contributed by atoms with E-state index >= 15 is 0 Å². The fraction of sp³-hybridized carbons (Fsp3) is 0.294. The van der Waals surface area contributed by atoms with E-state index in [1.54, 1.807) is 17.0 Å². The number of aromatic nitrogens is 1. The summed E-state index contributed by atoms with van der Waals surface area (Å²) >= 11 is 3.42. The van der Waals surface area contributed by atoms with Crippen LogP contribution in [0, 0.1) is 5.92 Å². The van der Waals surface area contributed by atoms with Crippen molar-refractivity contribution in [3.8, 4) is 5.75 Å². The number of hydrogen-bond donors (Lipinski definition) is 1. The summed E-state index contributed by atoms with van der Waals surface area (Å²) in [5, 5.41) is 0. The second kappa shape index (κ2) is 6.20. The Morgan fingerprint density at radius 1 is 1.26 bits per heavy atom. The maximum absolute atomic E-state index is 12.8. The molecule has 1 amide bonds. The van der Waals surface area contributed by atoms with Crippen molar-refractivity contribution >= 4 is 33.5 Å². The molecule has 1 aromatic heterocycles. The first-order valence-electron chi connectivity index (χ1n) is 7.44. The zero-order valence-electron chi connectivity index (χ0n) is 13.0. The SMILES string of the molecule is CC(C)C1Oc2ccc(N)nc2N(Cc2ccc(Br)cc2)C1=O. The Bertz CT molecular complexity index is 731. The average Bonchev–Trinajstić information content (AvgIpc) is 2.51. The lowest BCUT2D eigenvalue weighted by atomic mass is 10.0. The van der Waals surface area contributed by atoms with Gasteiger partial charge in [-0.3, -0.25) is 9.69 Å². The number of benzene rings is 1. The van der Waals surface area contributed by atoms with Crippen LogP contribution in [0.25, 0.3) is 0 Å². The third-order valence-electron chi connectivity index (χ3n) is 3.74. The lowest BCUT2D eigenvalue weighted by Gasteiger charge is -2.35. The number of rotatable bonds is 3. The summed E-state index contributed by atoms with van der Waals surface area (Å²) in [5.74, 6) is 1.42. The molecule has 0 saturated carbocycles. The molecule has 0 spiro atoms. The van der Waals surface area contributed by atoms with Crippen LogP contribution in [0.15, 0.2) is 40.9 Å². The molecule has 1 aliphatic heterocycles. The van der Waals surface area contributed by atoms with Crippen LogP contribution in [-0.4, -0.2) is 17.0 Å². The van der Waals surface area contributed by atoms with E-state index in [2.05, 4.69) is 20.9 Å². The van der Waals surface area contributed by atoms with Gasteiger partial charge in [0.15, 0.2) is 17.7 Å². The molecule has 2 heterocycles. The molecule has 2 N–H and O–H groups in total. The number of nitrogens with two attached hydrogens (primary N) is 1. The van der Waals surface area contributed by atoms with E-state index in [1.807, 2.05) is 38.1 Å². The number of amides is 1. The highest BCUT2D eigenvalue weighted by Gasteiger charge is 2.37. The number of ether oxygens (including phenoxy) is 1. The van der Waals surface area contributed by atoms with Crippen LogP contribution in [0.5, 0.6) is 5.75 Å². The van der Waals surface area contributed by atoms with Crippen molar-refractivity contribution in [2.75, 3.05) is 10.6 Å². The molecular formula is C17H18BrN3O2. The Hall–Kier alpha value is -2.08. The number of halogens is 1. The molecule has 1 aliphatic rings. The van der Waals surface area contributed by atoms with Crippen LogP contribution >= 0.6 is 15.9 Å². The van der Waals surface area contributed by atoms with Crippen LogP contribution in [0.1, 0.15) is 19.4 Å². The smallest absolute Gasteiger partial charge is 0.269 e. The molecule has 0 saturated heterocycles. The normalized spacial score (nSPS) is 17.1. The highest BCUT2D eigenvalue weighted by molar-refractivity contribution is 9.10. The third-order valence-corrected chi connectivity index (χ3v) is 4.27. The first-order valence-corrected chi connectivity index (χ1v) is 8.24. The number of pyridine rings is 1. The van der Waals surface area contributed by atoms with Crippen LogP contribution in [0.3, 0.4) is 0 Å². The number of carbonyl (C=O) groups is 1. The van der Waals surface area contributed by atoms with Crippen LogP contribution in [0.4, 0.5) is 11.6 Å². The average molecular weight is 376 g/mol. The molecule has 2 aromatic rings. The van der Waals surface area contributed by atoms with Gasteiger partial charge >= 0.3 is 0 Å². The van der Waals surface area contributed by atoms with Gasteiger partial charge in [0.05, 0.1) is 6.54 Å². The van der Waals surface area contributed by atoms with E-state index in [4.69, 9.17) is 10.5 Å². The molecule has 23 heavy (non-hydrogen) atoms. The van der Waals surface area contributed by atoms with Gasteiger partial charge in [0.25, 0.3) is 5.91 Å². The monoisotopic (exact) mass is 375 g/mol. The molecular weight excluding hydrogens is 358 g/mol. The van der Waals surface area contributed by atoms with Crippen molar-refractivity contribution in [2.45, 2.75) is 26.5 Å². The summed E-state index contributed by atoms with van der Waals surface area (Å²) in [7, 11) is 0. The van der Waals surface area contributed by atoms with Crippen LogP contribution in [-0.2, 0) is 11.3 Å². The maximum Gasteiger partial charge on any atom is 0.269 e. The van der Waals surface area contributed by atoms with Gasteiger partial charge < -0.3 is 10.5 Å². The Kier molecular flexibility index (Phi) is 4.26. The predicted octanol–water partition coefficient (Wildman–Crippen LogP) is 3.38. The largest absolute Gasteiger partial charge is 0.476 e. The molecule has 1 atom stereocenters. The molecule has 6 heteroatoms. The number of anilines is 2. The van der Waals surface area contributed by atoms with Crippen molar-refractivity contribution < 1.29 is 9.53 Å². The van der Waals surface area contributed by atoms with Gasteiger partial charge in [0.2, 0.25) is 0 Å². The Morgan fingerprint density at radius 3 is 2.61 bits per heavy atom. The topological polar surface area (TPSA) is 68.5 Å². The van der Waals surface area contributed by atoms with Gasteiger partial charge in [0, 0.05) is 4.47 Å². The molecule has 3 rings (SSSR count). The van der Waals surface area contributed by atoms with Crippen molar-refractivity contribution in [3.05, 3.63) is 46.4 Å². The van der Waals surface area contributed by atoms with E-state index in [0.717, 1.165) is 10.0 Å². The van der Waals surface area contributed by atoms with Gasteiger partial charge in [-0.05, 0) is 35.7 Å². The predicted molar refractivity (Wildman–Crippen MR) is 93.2 cm³/mol. The quantitative estimate of drug-likeness (QED) is 0.892. The van der Waals surface area contributed by atoms with Gasteiger partial charge in [-0.1, -0.05) is 41.9 Å². The van der Waals surface area contributed by atoms with Crippen LogP contribution in [0.2, 0.25) is 0 Å². The first-order chi connectivity index (χ1) is 11.0. The molecule has 0 radical (unpaired) electrons. The van der Waals surface area contributed by atoms with E-state index < -0.39 is 6.10 Å². The Balaban J connectivity index is 2.00. The van der Waals surface area contributed by atoms with E-state index in [-0.39, 0.29) is 11.8 Å². The molecule has 120 valence electrons. The summed E-state index contributed by atoms with van der Waals surface area (Å²) in [6.07, 6.45) is -0.511. The number of nitrogen functional groups attached to an aromatic ring is 1. The van der Waals surface area contributed by atoms with Crippen molar-refractivity contribution in [1.29, 1.82) is 0 Å². The van der Waals surface area contributed by atoms with Gasteiger partial charge in [-0.15, -0.1) is 0 Å². The molecule has 1 unspecified atom stereocenters. The van der Waals surface area contributed by atoms with Crippen LogP contribution < -0.4 is 15.4 Å². The maximum atomic E-state index is 12.8. The van der Waals surface area contributed by atoms with E-state index in [1.165, 1.54) is 0 Å². The van der Waals surface area contributed by atoms with Gasteiger partial charge in [-0.25, -0.2) is 4.98 Å². The third kappa shape index (κ3) is 3.17. The van der Waals surface area contributed by atoms with Gasteiger partial charge in [-0.2, -0.15) is 0 Å². The highest BCUT2D eigenvalue weighted by atomic mass is 79.9. The second-order valence-electron chi connectivity index (χ2n) is 5.89. The Morgan fingerprint density at radius 2 is 1.96 bits per heavy atom. The van der Waals surface area contributed by atoms with Gasteiger partial charge in [0.1, 0.15) is 5.82 Å². The number of hydrogen-bond acceptors (Lipinski definition) is 4. The van der Waals surface area contributed by atoms with Crippen molar-refractivity contribution in [2.24, 2.45) is 5.92 Å². The van der Waals surface area contributed by atoms with E-state index in [9.17, 15) is 4.79 Å². The molecule has 1 aromatic carbocycles. The zero-order chi connectivity index (χ0) is 16.6. The lowest BCUT2D eigenvalue weighted by Crippen LogP contribution is -2.48. The minimum Gasteiger partial charge on any atom is -0.476 e. The minimum absolute atomic E-state index is 0.0700. The summed E-state index contributed by atoms with van der Waals surface area (Å²) in [6.45, 7) is 4.37. The lowest BCUT2D eigenvalue weighted by molar-refractivity contribution is -0.128. The zero-order valence-corrected chi connectivity index (χ0v) is 14.6. The molecule has 0 aliphatic carbocycles. The minimum atomic E-state index is -0.511. The van der Waals surface area contributed by atoms with Crippen molar-refractivity contribution in [3.63, 3.8) is 0 Å². The number of nitrogens with zero attached hydrogens (tertiary/aromatic N) is 2. The molecule has 0 bridgehead atoms. The molecule has 5 nitrogen and oxygen atoms in total. The fourth-order valence-electron chi connectivity index (χ4n) is 2.53. The van der Waals surface area contributed by atoms with Crippen molar-refractivity contribution in [1.82, 2.24) is 4.98 Å². The summed E-state index contributed by atoms with van der Waals surface area (Å²) < 4.78 is 6.83. The number of carbonyl (C=O) groups excluding carboxylic acids is 1. The highest BCUT2D eigenvalue weighted by Crippen LogP contribution is 2.35. The number of fused-ring (bicyclic) bond motifs is 1. The standard InChI is InChI=1S/C17H18BrN3O2/c1-10(2)15-17(22)21(9-11-3-5-12(18)6-4-11)16-13(23-15)7-8-14(19)20-16/h3-8,10,15H,9H2,1-2H3,(H2,19,20). The second-order valence-corrected chi connectivity index (χ2v) is 6.81. The molecule has 0 fully saturated rings. The summed E-state index contributed by atoms with van der Waals surface area (Å²) in [6, 6.07) is 11.3. The summed E-state index contributed by atoms with van der Waals surface area (Å²) in [5.41, 5.74) is 6.80. The fourth-order valence-corrected chi connectivity index (χ4v) is 2.79. The summed E-state index contributed by atoms with van der Waals surface area (Å²) in [4.78, 5) is 18.8.